The zero-order valence-corrected chi connectivity index (χ0v) is 17.9. The highest BCUT2D eigenvalue weighted by atomic mass is 16.5. The number of ether oxygens (including phenoxy) is 2. The van der Waals surface area contributed by atoms with E-state index in [4.69, 9.17) is 9.47 Å². The molecule has 5 nitrogen and oxygen atoms in total. The number of carboxylic acid groups (broad SMARTS) is 1. The molecule has 4 aromatic rings. The average Bonchev–Trinajstić information content (AvgIpc) is 3.15. The molecule has 0 spiro atoms. The summed E-state index contributed by atoms with van der Waals surface area (Å²) in [5.41, 5.74) is 6.59. The Kier molecular flexibility index (Phi) is 5.67. The number of rotatable bonds is 7. The molecule has 4 rings (SSSR count). The van der Waals surface area contributed by atoms with Gasteiger partial charge in [0, 0.05) is 16.5 Å². The molecule has 31 heavy (non-hydrogen) atoms. The Hall–Kier alpha value is -3.73. The van der Waals surface area contributed by atoms with Gasteiger partial charge in [-0.15, -0.1) is 0 Å². The first kappa shape index (κ1) is 20.5. The Morgan fingerprint density at radius 2 is 1.71 bits per heavy atom. The van der Waals surface area contributed by atoms with E-state index in [1.165, 1.54) is 0 Å². The van der Waals surface area contributed by atoms with Crippen LogP contribution in [0.1, 0.15) is 22.3 Å². The van der Waals surface area contributed by atoms with Gasteiger partial charge in [-0.05, 0) is 54.3 Å². The number of hydrogen-bond donors (Lipinski definition) is 2. The zero-order chi connectivity index (χ0) is 22.0. The molecule has 0 atom stereocenters. The lowest BCUT2D eigenvalue weighted by Gasteiger charge is -2.13. The van der Waals surface area contributed by atoms with Gasteiger partial charge in [-0.3, -0.25) is 4.79 Å². The SMILES string of the molecule is COc1cc(-c2[nH]c3c(C)ccc(C)c3c2CC(=O)O)ccc1OCc1ccccc1. The van der Waals surface area contributed by atoms with Crippen molar-refractivity contribution >= 4 is 16.9 Å². The third-order valence-corrected chi connectivity index (χ3v) is 5.49. The molecule has 0 radical (unpaired) electrons. The first-order valence-electron chi connectivity index (χ1n) is 10.2. The van der Waals surface area contributed by atoms with E-state index in [0.717, 1.165) is 44.4 Å². The van der Waals surface area contributed by atoms with E-state index in [0.29, 0.717) is 18.1 Å². The summed E-state index contributed by atoms with van der Waals surface area (Å²) in [5, 5.41) is 10.5. The molecule has 158 valence electrons. The molecule has 5 heteroatoms. The summed E-state index contributed by atoms with van der Waals surface area (Å²) in [6.45, 7) is 4.46. The van der Waals surface area contributed by atoms with Crippen LogP contribution < -0.4 is 9.47 Å². The van der Waals surface area contributed by atoms with Crippen molar-refractivity contribution in [3.8, 4) is 22.8 Å². The lowest BCUT2D eigenvalue weighted by atomic mass is 9.98. The number of aromatic nitrogens is 1. The summed E-state index contributed by atoms with van der Waals surface area (Å²) in [5.74, 6) is 0.373. The quantitative estimate of drug-likeness (QED) is 0.408. The van der Waals surface area contributed by atoms with Gasteiger partial charge in [0.1, 0.15) is 6.61 Å². The average molecular weight is 415 g/mol. The van der Waals surface area contributed by atoms with Crippen LogP contribution in [0, 0.1) is 13.8 Å². The lowest BCUT2D eigenvalue weighted by molar-refractivity contribution is -0.136. The highest BCUT2D eigenvalue weighted by molar-refractivity contribution is 5.97. The Morgan fingerprint density at radius 1 is 0.968 bits per heavy atom. The normalized spacial score (nSPS) is 10.9. The van der Waals surface area contributed by atoms with Gasteiger partial charge in [-0.25, -0.2) is 0 Å². The van der Waals surface area contributed by atoms with Gasteiger partial charge in [0.15, 0.2) is 11.5 Å². The Morgan fingerprint density at radius 3 is 2.42 bits per heavy atom. The topological polar surface area (TPSA) is 71.6 Å². The second-order valence-corrected chi connectivity index (χ2v) is 7.64. The van der Waals surface area contributed by atoms with E-state index >= 15 is 0 Å². The second kappa shape index (κ2) is 8.56. The Labute approximate surface area is 181 Å². The first-order chi connectivity index (χ1) is 15.0. The van der Waals surface area contributed by atoms with E-state index in [-0.39, 0.29) is 6.42 Å². The maximum absolute atomic E-state index is 11.6. The minimum absolute atomic E-state index is 0.0613. The van der Waals surface area contributed by atoms with E-state index in [1.54, 1.807) is 7.11 Å². The Balaban J connectivity index is 1.76. The van der Waals surface area contributed by atoms with Crippen LogP contribution in [0.3, 0.4) is 0 Å². The minimum Gasteiger partial charge on any atom is -0.493 e. The van der Waals surface area contributed by atoms with Gasteiger partial charge in [-0.1, -0.05) is 42.5 Å². The maximum atomic E-state index is 11.6. The fraction of sp³-hybridized carbons (Fsp3) is 0.192. The highest BCUT2D eigenvalue weighted by Gasteiger charge is 2.19. The molecule has 0 amide bonds. The minimum atomic E-state index is -0.863. The van der Waals surface area contributed by atoms with Gasteiger partial charge in [0.25, 0.3) is 0 Å². The van der Waals surface area contributed by atoms with Crippen LogP contribution in [0.4, 0.5) is 0 Å². The van der Waals surface area contributed by atoms with Crippen molar-refractivity contribution in [3.63, 3.8) is 0 Å². The second-order valence-electron chi connectivity index (χ2n) is 7.64. The van der Waals surface area contributed by atoms with Crippen molar-refractivity contribution in [2.75, 3.05) is 7.11 Å². The molecule has 0 fully saturated rings. The lowest BCUT2D eigenvalue weighted by Crippen LogP contribution is -2.02. The molecule has 0 aliphatic carbocycles. The number of H-pyrrole nitrogens is 1. The van der Waals surface area contributed by atoms with Gasteiger partial charge >= 0.3 is 5.97 Å². The molecule has 2 N–H and O–H groups in total. The standard InChI is InChI=1S/C26H25NO4/c1-16-9-10-17(2)25-24(16)20(14-23(28)29)26(27-25)19-11-12-21(22(13-19)30-3)31-15-18-7-5-4-6-8-18/h4-13,27H,14-15H2,1-3H3,(H,28,29). The van der Waals surface area contributed by atoms with E-state index in [9.17, 15) is 9.90 Å². The molecule has 0 saturated carbocycles. The van der Waals surface area contributed by atoms with Crippen molar-refractivity contribution in [1.82, 2.24) is 4.98 Å². The number of aryl methyl sites for hydroxylation is 2. The molecule has 0 aliphatic rings. The van der Waals surface area contributed by atoms with Crippen molar-refractivity contribution in [3.05, 3.63) is 82.9 Å². The Bertz CT molecular complexity index is 1240. The largest absolute Gasteiger partial charge is 0.493 e. The van der Waals surface area contributed by atoms with Crippen LogP contribution in [0.15, 0.2) is 60.7 Å². The molecule has 0 aliphatic heterocycles. The van der Waals surface area contributed by atoms with Crippen LogP contribution in [-0.4, -0.2) is 23.2 Å². The third-order valence-electron chi connectivity index (χ3n) is 5.49. The highest BCUT2D eigenvalue weighted by Crippen LogP contribution is 2.38. The molecule has 3 aromatic carbocycles. The summed E-state index contributed by atoms with van der Waals surface area (Å²) >= 11 is 0. The molecule has 1 aromatic heterocycles. The number of nitrogens with one attached hydrogen (secondary N) is 1. The summed E-state index contributed by atoms with van der Waals surface area (Å²) in [6, 6.07) is 19.7. The fourth-order valence-corrected chi connectivity index (χ4v) is 3.94. The predicted octanol–water partition coefficient (Wildman–Crippen LogP) is 5.67. The summed E-state index contributed by atoms with van der Waals surface area (Å²) in [4.78, 5) is 15.1. The number of aromatic amines is 1. The number of benzene rings is 3. The first-order valence-corrected chi connectivity index (χ1v) is 10.2. The van der Waals surface area contributed by atoms with Gasteiger partial charge in [0.2, 0.25) is 0 Å². The van der Waals surface area contributed by atoms with Gasteiger partial charge in [0.05, 0.1) is 19.2 Å². The monoisotopic (exact) mass is 415 g/mol. The zero-order valence-electron chi connectivity index (χ0n) is 17.9. The number of carbonyl (C=O) groups is 1. The van der Waals surface area contributed by atoms with E-state index < -0.39 is 5.97 Å². The van der Waals surface area contributed by atoms with Gasteiger partial charge < -0.3 is 19.6 Å². The number of fused-ring (bicyclic) bond motifs is 1. The van der Waals surface area contributed by atoms with Crippen molar-refractivity contribution in [2.24, 2.45) is 0 Å². The molecular formula is C26H25NO4. The third kappa shape index (κ3) is 4.12. The summed E-state index contributed by atoms with van der Waals surface area (Å²) in [6.07, 6.45) is -0.0613. The van der Waals surface area contributed by atoms with Crippen molar-refractivity contribution in [2.45, 2.75) is 26.9 Å². The van der Waals surface area contributed by atoms with Crippen LogP contribution in [0.5, 0.6) is 11.5 Å². The number of methoxy groups -OCH3 is 1. The van der Waals surface area contributed by atoms with Crippen molar-refractivity contribution in [1.29, 1.82) is 0 Å². The molecular weight excluding hydrogens is 390 g/mol. The smallest absolute Gasteiger partial charge is 0.307 e. The summed E-state index contributed by atoms with van der Waals surface area (Å²) in [7, 11) is 1.60. The van der Waals surface area contributed by atoms with Crippen molar-refractivity contribution < 1.29 is 19.4 Å². The maximum Gasteiger partial charge on any atom is 0.307 e. The number of hydrogen-bond acceptors (Lipinski definition) is 3. The molecule has 1 heterocycles. The van der Waals surface area contributed by atoms with Crippen LogP contribution >= 0.6 is 0 Å². The fourth-order valence-electron chi connectivity index (χ4n) is 3.94. The molecule has 0 saturated heterocycles. The van der Waals surface area contributed by atoms with E-state index in [1.807, 2.05) is 74.5 Å². The summed E-state index contributed by atoms with van der Waals surface area (Å²) < 4.78 is 11.6. The predicted molar refractivity (Wildman–Crippen MR) is 122 cm³/mol. The van der Waals surface area contributed by atoms with Crippen LogP contribution in [0.25, 0.3) is 22.2 Å². The van der Waals surface area contributed by atoms with E-state index in [2.05, 4.69) is 4.98 Å². The van der Waals surface area contributed by atoms with Crippen LogP contribution in [0.2, 0.25) is 0 Å². The molecule has 0 bridgehead atoms. The van der Waals surface area contributed by atoms with Gasteiger partial charge in [-0.2, -0.15) is 0 Å². The molecule has 0 unspecified atom stereocenters. The number of carboxylic acids is 1. The van der Waals surface area contributed by atoms with Crippen LogP contribution in [-0.2, 0) is 17.8 Å². The number of aliphatic carboxylic acids is 1.